The second-order valence-electron chi connectivity index (χ2n) is 9.17. The SMILES string of the molecule is CCOC(=O)C=Cc1ccc([N+](=O)[O-])c(C[C@H](NC(=O)OC(C)(C)C)C(=O)OC(C)(C)C)c1. The van der Waals surface area contributed by atoms with Crippen LogP contribution in [0.15, 0.2) is 24.3 Å². The summed E-state index contributed by atoms with van der Waals surface area (Å²) < 4.78 is 15.4. The minimum atomic E-state index is -1.25. The molecule has 0 aliphatic rings. The molecule has 0 aliphatic carbocycles. The zero-order valence-corrected chi connectivity index (χ0v) is 20.1. The van der Waals surface area contributed by atoms with Gasteiger partial charge in [-0.25, -0.2) is 14.4 Å². The molecule has 0 heterocycles. The topological polar surface area (TPSA) is 134 Å². The highest BCUT2D eigenvalue weighted by atomic mass is 16.6. The van der Waals surface area contributed by atoms with E-state index in [1.807, 2.05) is 0 Å². The number of nitrogens with zero attached hydrogens (tertiary/aromatic N) is 1. The first-order chi connectivity index (χ1) is 15.1. The number of alkyl carbamates (subject to hydrolysis) is 1. The molecule has 1 N–H and O–H groups in total. The summed E-state index contributed by atoms with van der Waals surface area (Å²) in [5, 5.41) is 14.0. The summed E-state index contributed by atoms with van der Waals surface area (Å²) in [6.45, 7) is 11.9. The molecule has 0 fully saturated rings. The van der Waals surface area contributed by atoms with Gasteiger partial charge in [0.05, 0.1) is 11.5 Å². The normalized spacial score (nSPS) is 12.7. The number of hydrogen-bond acceptors (Lipinski definition) is 8. The molecule has 10 nitrogen and oxygen atoms in total. The second kappa shape index (κ2) is 11.4. The van der Waals surface area contributed by atoms with Gasteiger partial charge in [-0.1, -0.05) is 0 Å². The maximum Gasteiger partial charge on any atom is 0.408 e. The largest absolute Gasteiger partial charge is 0.463 e. The van der Waals surface area contributed by atoms with Crippen molar-refractivity contribution in [3.63, 3.8) is 0 Å². The number of hydrogen-bond donors (Lipinski definition) is 1. The van der Waals surface area contributed by atoms with Crippen molar-refractivity contribution in [2.45, 2.75) is 72.1 Å². The van der Waals surface area contributed by atoms with Gasteiger partial charge in [-0.3, -0.25) is 10.1 Å². The third-order valence-electron chi connectivity index (χ3n) is 3.81. The average Bonchev–Trinajstić information content (AvgIpc) is 2.63. The number of nitrogens with one attached hydrogen (secondary N) is 1. The van der Waals surface area contributed by atoms with Crippen LogP contribution in [0.3, 0.4) is 0 Å². The monoisotopic (exact) mass is 464 g/mol. The maximum absolute atomic E-state index is 12.8. The summed E-state index contributed by atoms with van der Waals surface area (Å²) in [7, 11) is 0. The Morgan fingerprint density at radius 3 is 2.21 bits per heavy atom. The van der Waals surface area contributed by atoms with E-state index in [0.717, 1.165) is 0 Å². The second-order valence-corrected chi connectivity index (χ2v) is 9.17. The van der Waals surface area contributed by atoms with Crippen LogP contribution < -0.4 is 5.32 Å². The van der Waals surface area contributed by atoms with Gasteiger partial charge in [0, 0.05) is 24.1 Å². The van der Waals surface area contributed by atoms with E-state index in [1.54, 1.807) is 48.5 Å². The molecule has 0 aliphatic heterocycles. The van der Waals surface area contributed by atoms with Crippen molar-refractivity contribution in [2.75, 3.05) is 6.61 Å². The van der Waals surface area contributed by atoms with Gasteiger partial charge >= 0.3 is 18.0 Å². The number of carbonyl (C=O) groups excluding carboxylic acids is 3. The summed E-state index contributed by atoms with van der Waals surface area (Å²) in [5.41, 5.74) is -1.27. The lowest BCUT2D eigenvalue weighted by Crippen LogP contribution is -2.47. The Morgan fingerprint density at radius 2 is 1.70 bits per heavy atom. The van der Waals surface area contributed by atoms with Crippen LogP contribution in [-0.4, -0.2) is 46.8 Å². The van der Waals surface area contributed by atoms with E-state index in [9.17, 15) is 24.5 Å². The first-order valence-corrected chi connectivity index (χ1v) is 10.5. The molecule has 1 aromatic carbocycles. The Balaban J connectivity index is 3.29. The first-order valence-electron chi connectivity index (χ1n) is 10.5. The van der Waals surface area contributed by atoms with Crippen LogP contribution in [0.25, 0.3) is 6.08 Å². The van der Waals surface area contributed by atoms with Gasteiger partial charge in [-0.05, 0) is 72.2 Å². The molecule has 0 saturated carbocycles. The fourth-order valence-electron chi connectivity index (χ4n) is 2.64. The summed E-state index contributed by atoms with van der Waals surface area (Å²) in [6.07, 6.45) is 1.54. The first kappa shape index (κ1) is 27.6. The zero-order valence-electron chi connectivity index (χ0n) is 20.1. The molecule has 0 bridgehead atoms. The molecule has 0 spiro atoms. The van der Waals surface area contributed by atoms with Crippen molar-refractivity contribution >= 4 is 29.8 Å². The standard InChI is InChI=1S/C23H32N2O8/c1-8-31-19(26)12-10-15-9-11-18(25(29)30)16(13-15)14-17(20(27)32-22(2,3)4)24-21(28)33-23(5,6)7/h9-13,17H,8,14H2,1-7H3,(H,24,28)/t17-/m0/s1. The summed E-state index contributed by atoms with van der Waals surface area (Å²) in [6, 6.07) is 2.94. The van der Waals surface area contributed by atoms with Crippen molar-refractivity contribution in [3.8, 4) is 0 Å². The molecule has 0 radical (unpaired) electrons. The number of amides is 1. The molecule has 1 amide bonds. The van der Waals surface area contributed by atoms with Crippen molar-refractivity contribution in [2.24, 2.45) is 0 Å². The smallest absolute Gasteiger partial charge is 0.408 e. The van der Waals surface area contributed by atoms with E-state index in [2.05, 4.69) is 5.32 Å². The molecular formula is C23H32N2O8. The van der Waals surface area contributed by atoms with Gasteiger partial charge in [0.2, 0.25) is 0 Å². The molecule has 1 aromatic rings. The molecule has 0 aromatic heterocycles. The fourth-order valence-corrected chi connectivity index (χ4v) is 2.64. The van der Waals surface area contributed by atoms with Crippen molar-refractivity contribution in [1.82, 2.24) is 5.32 Å². The van der Waals surface area contributed by atoms with Crippen LogP contribution in [0, 0.1) is 10.1 Å². The molecule has 1 rings (SSSR count). The maximum atomic E-state index is 12.8. The third kappa shape index (κ3) is 10.6. The highest BCUT2D eigenvalue weighted by Gasteiger charge is 2.31. The lowest BCUT2D eigenvalue weighted by Gasteiger charge is -2.26. The zero-order chi connectivity index (χ0) is 25.4. The number of nitro benzene ring substituents is 1. The number of esters is 2. The highest BCUT2D eigenvalue weighted by Crippen LogP contribution is 2.23. The minimum Gasteiger partial charge on any atom is -0.463 e. The molecule has 33 heavy (non-hydrogen) atoms. The molecule has 0 unspecified atom stereocenters. The number of nitro groups is 1. The van der Waals surface area contributed by atoms with E-state index >= 15 is 0 Å². The van der Waals surface area contributed by atoms with Gasteiger partial charge in [-0.15, -0.1) is 0 Å². The van der Waals surface area contributed by atoms with Crippen molar-refractivity contribution in [1.29, 1.82) is 0 Å². The fraction of sp³-hybridized carbons (Fsp3) is 0.522. The van der Waals surface area contributed by atoms with E-state index in [0.29, 0.717) is 5.56 Å². The predicted octanol–water partition coefficient (Wildman–Crippen LogP) is 3.95. The van der Waals surface area contributed by atoms with E-state index in [1.165, 1.54) is 30.4 Å². The van der Waals surface area contributed by atoms with E-state index in [-0.39, 0.29) is 24.3 Å². The van der Waals surface area contributed by atoms with Crippen molar-refractivity contribution < 1.29 is 33.5 Å². The lowest BCUT2D eigenvalue weighted by molar-refractivity contribution is -0.385. The Hall–Kier alpha value is -3.43. The van der Waals surface area contributed by atoms with Crippen molar-refractivity contribution in [3.05, 3.63) is 45.5 Å². The minimum absolute atomic E-state index is 0.165. The number of rotatable bonds is 8. The molecular weight excluding hydrogens is 432 g/mol. The predicted molar refractivity (Wildman–Crippen MR) is 121 cm³/mol. The molecule has 1 atom stereocenters. The Morgan fingerprint density at radius 1 is 1.09 bits per heavy atom. The Labute approximate surface area is 193 Å². The van der Waals surface area contributed by atoms with Crippen LogP contribution in [0.2, 0.25) is 0 Å². The van der Waals surface area contributed by atoms with Crippen LogP contribution in [0.5, 0.6) is 0 Å². The van der Waals surface area contributed by atoms with E-state index in [4.69, 9.17) is 14.2 Å². The lowest BCUT2D eigenvalue weighted by atomic mass is 10.0. The van der Waals surface area contributed by atoms with Crippen LogP contribution in [0.4, 0.5) is 10.5 Å². The Bertz CT molecular complexity index is 910. The Kier molecular flexibility index (Phi) is 9.57. The molecule has 0 saturated heterocycles. The number of ether oxygens (including phenoxy) is 3. The molecule has 10 heteroatoms. The van der Waals surface area contributed by atoms with Gasteiger partial charge in [0.1, 0.15) is 17.2 Å². The van der Waals surface area contributed by atoms with Crippen LogP contribution in [0.1, 0.15) is 59.6 Å². The average molecular weight is 465 g/mol. The third-order valence-corrected chi connectivity index (χ3v) is 3.81. The molecule has 182 valence electrons. The van der Waals surface area contributed by atoms with Crippen LogP contribution >= 0.6 is 0 Å². The van der Waals surface area contributed by atoms with Gasteiger partial charge in [0.15, 0.2) is 0 Å². The van der Waals surface area contributed by atoms with Crippen LogP contribution in [-0.2, 0) is 30.2 Å². The summed E-state index contributed by atoms with van der Waals surface area (Å²) in [5.74, 6) is -1.33. The summed E-state index contributed by atoms with van der Waals surface area (Å²) in [4.78, 5) is 47.6. The summed E-state index contributed by atoms with van der Waals surface area (Å²) >= 11 is 0. The number of benzene rings is 1. The van der Waals surface area contributed by atoms with Gasteiger partial charge < -0.3 is 19.5 Å². The number of carbonyl (C=O) groups is 3. The highest BCUT2D eigenvalue weighted by molar-refractivity contribution is 5.87. The van der Waals surface area contributed by atoms with Gasteiger partial charge in [-0.2, -0.15) is 0 Å². The van der Waals surface area contributed by atoms with Gasteiger partial charge in [0.25, 0.3) is 5.69 Å². The quantitative estimate of drug-likeness (QED) is 0.201. The van der Waals surface area contributed by atoms with E-state index < -0.39 is 40.2 Å².